The summed E-state index contributed by atoms with van der Waals surface area (Å²) in [4.78, 5) is 2.10. The molecule has 0 saturated carbocycles. The maximum atomic E-state index is 5.99. The molecule has 0 aliphatic carbocycles. The zero-order valence-electron chi connectivity index (χ0n) is 11.9. The number of halogens is 2. The predicted octanol–water partition coefficient (Wildman–Crippen LogP) is 5.09. The second-order valence-electron chi connectivity index (χ2n) is 4.98. The fourth-order valence-corrected chi connectivity index (χ4v) is 2.68. The molecular weight excluding hydrogens is 336 g/mol. The molecule has 0 aliphatic rings. The summed E-state index contributed by atoms with van der Waals surface area (Å²) < 4.78 is 1.07. The first kappa shape index (κ1) is 15.2. The standard InChI is InChI=1S/C16H18BrClN2/c1-11-8-14(18)6-4-12(11)10-19-15-9-13(17)5-7-16(15)20(2)3/h4-9,19H,10H2,1-3H3. The van der Waals surface area contributed by atoms with Gasteiger partial charge in [0.2, 0.25) is 0 Å². The largest absolute Gasteiger partial charge is 0.379 e. The van der Waals surface area contributed by atoms with E-state index in [1.807, 2.05) is 32.3 Å². The third kappa shape index (κ3) is 3.68. The summed E-state index contributed by atoms with van der Waals surface area (Å²) in [5.74, 6) is 0. The first-order valence-electron chi connectivity index (χ1n) is 6.43. The van der Waals surface area contributed by atoms with E-state index in [1.54, 1.807) is 0 Å². The SMILES string of the molecule is Cc1cc(Cl)ccc1CNc1cc(Br)ccc1N(C)C. The summed E-state index contributed by atoms with van der Waals surface area (Å²) in [7, 11) is 4.09. The highest BCUT2D eigenvalue weighted by Gasteiger charge is 2.06. The average Bonchev–Trinajstić information content (AvgIpc) is 2.37. The molecule has 2 aromatic carbocycles. The lowest BCUT2D eigenvalue weighted by Gasteiger charge is -2.19. The van der Waals surface area contributed by atoms with Crippen LogP contribution in [0, 0.1) is 6.92 Å². The van der Waals surface area contributed by atoms with Crippen molar-refractivity contribution in [1.29, 1.82) is 0 Å². The van der Waals surface area contributed by atoms with E-state index in [1.165, 1.54) is 16.8 Å². The van der Waals surface area contributed by atoms with Crippen LogP contribution in [-0.2, 0) is 6.54 Å². The second-order valence-corrected chi connectivity index (χ2v) is 6.33. The quantitative estimate of drug-likeness (QED) is 0.823. The first-order valence-corrected chi connectivity index (χ1v) is 7.60. The third-order valence-electron chi connectivity index (χ3n) is 3.21. The van der Waals surface area contributed by atoms with Gasteiger partial charge >= 0.3 is 0 Å². The first-order chi connectivity index (χ1) is 9.47. The highest BCUT2D eigenvalue weighted by Crippen LogP contribution is 2.28. The molecule has 0 heterocycles. The Balaban J connectivity index is 2.20. The van der Waals surface area contributed by atoms with Gasteiger partial charge in [-0.05, 0) is 48.4 Å². The van der Waals surface area contributed by atoms with Crippen LogP contribution in [0.1, 0.15) is 11.1 Å². The highest BCUT2D eigenvalue weighted by molar-refractivity contribution is 9.10. The van der Waals surface area contributed by atoms with Gasteiger partial charge in [-0.25, -0.2) is 0 Å². The van der Waals surface area contributed by atoms with E-state index in [0.717, 1.165) is 21.7 Å². The minimum Gasteiger partial charge on any atom is -0.379 e. The van der Waals surface area contributed by atoms with Gasteiger partial charge in [-0.2, -0.15) is 0 Å². The zero-order chi connectivity index (χ0) is 14.7. The predicted molar refractivity (Wildman–Crippen MR) is 92.0 cm³/mol. The van der Waals surface area contributed by atoms with Gasteiger partial charge in [0, 0.05) is 30.1 Å². The fourth-order valence-electron chi connectivity index (χ4n) is 2.09. The van der Waals surface area contributed by atoms with E-state index in [2.05, 4.69) is 51.3 Å². The Morgan fingerprint density at radius 2 is 1.90 bits per heavy atom. The lowest BCUT2D eigenvalue weighted by Crippen LogP contribution is -2.12. The van der Waals surface area contributed by atoms with Crippen molar-refractivity contribution in [3.8, 4) is 0 Å². The lowest BCUT2D eigenvalue weighted by molar-refractivity contribution is 1.09. The van der Waals surface area contributed by atoms with Gasteiger partial charge < -0.3 is 10.2 Å². The van der Waals surface area contributed by atoms with Crippen molar-refractivity contribution in [2.24, 2.45) is 0 Å². The van der Waals surface area contributed by atoms with Crippen LogP contribution in [0.3, 0.4) is 0 Å². The van der Waals surface area contributed by atoms with Crippen molar-refractivity contribution < 1.29 is 0 Å². The summed E-state index contributed by atoms with van der Waals surface area (Å²) in [5, 5.41) is 4.28. The molecular formula is C16H18BrClN2. The van der Waals surface area contributed by atoms with E-state index < -0.39 is 0 Å². The maximum absolute atomic E-state index is 5.99. The van der Waals surface area contributed by atoms with Gasteiger partial charge in [0.25, 0.3) is 0 Å². The molecule has 20 heavy (non-hydrogen) atoms. The van der Waals surface area contributed by atoms with E-state index in [-0.39, 0.29) is 0 Å². The number of rotatable bonds is 4. The van der Waals surface area contributed by atoms with Gasteiger partial charge in [0.15, 0.2) is 0 Å². The molecule has 106 valence electrons. The average molecular weight is 354 g/mol. The summed E-state index contributed by atoms with van der Waals surface area (Å²) in [5.41, 5.74) is 4.73. The number of hydrogen-bond donors (Lipinski definition) is 1. The van der Waals surface area contributed by atoms with Crippen molar-refractivity contribution in [3.05, 3.63) is 57.0 Å². The Hall–Kier alpha value is -1.19. The minimum absolute atomic E-state index is 0.778. The third-order valence-corrected chi connectivity index (χ3v) is 3.94. The Kier molecular flexibility index (Phi) is 4.95. The van der Waals surface area contributed by atoms with Gasteiger partial charge in [-0.1, -0.05) is 33.6 Å². The molecule has 0 spiro atoms. The van der Waals surface area contributed by atoms with E-state index in [4.69, 9.17) is 11.6 Å². The van der Waals surface area contributed by atoms with Crippen LogP contribution in [0.4, 0.5) is 11.4 Å². The van der Waals surface area contributed by atoms with Gasteiger partial charge in [0.1, 0.15) is 0 Å². The molecule has 0 unspecified atom stereocenters. The smallest absolute Gasteiger partial charge is 0.0597 e. The number of aryl methyl sites for hydroxylation is 1. The van der Waals surface area contributed by atoms with Gasteiger partial charge in [-0.15, -0.1) is 0 Å². The molecule has 2 nitrogen and oxygen atoms in total. The molecule has 2 aromatic rings. The molecule has 0 radical (unpaired) electrons. The van der Waals surface area contributed by atoms with Crippen LogP contribution in [0.2, 0.25) is 5.02 Å². The van der Waals surface area contributed by atoms with Gasteiger partial charge in [-0.3, -0.25) is 0 Å². The zero-order valence-corrected chi connectivity index (χ0v) is 14.2. The molecule has 1 N–H and O–H groups in total. The molecule has 4 heteroatoms. The molecule has 0 bridgehead atoms. The van der Waals surface area contributed by atoms with E-state index >= 15 is 0 Å². The molecule has 0 aromatic heterocycles. The highest BCUT2D eigenvalue weighted by atomic mass is 79.9. The minimum atomic E-state index is 0.778. The van der Waals surface area contributed by atoms with Crippen molar-refractivity contribution in [1.82, 2.24) is 0 Å². The van der Waals surface area contributed by atoms with Crippen molar-refractivity contribution in [2.45, 2.75) is 13.5 Å². The van der Waals surface area contributed by atoms with Crippen LogP contribution < -0.4 is 10.2 Å². The Labute approximate surface area is 133 Å². The van der Waals surface area contributed by atoms with E-state index in [9.17, 15) is 0 Å². The Morgan fingerprint density at radius 3 is 2.55 bits per heavy atom. The topological polar surface area (TPSA) is 15.3 Å². The van der Waals surface area contributed by atoms with Crippen LogP contribution in [-0.4, -0.2) is 14.1 Å². The summed E-state index contributed by atoms with van der Waals surface area (Å²) >= 11 is 9.51. The van der Waals surface area contributed by atoms with E-state index in [0.29, 0.717) is 0 Å². The molecule has 2 rings (SSSR count). The molecule has 0 fully saturated rings. The van der Waals surface area contributed by atoms with Crippen LogP contribution in [0.15, 0.2) is 40.9 Å². The second kappa shape index (κ2) is 6.51. The summed E-state index contributed by atoms with van der Waals surface area (Å²) in [6.45, 7) is 2.86. The van der Waals surface area contributed by atoms with Crippen LogP contribution in [0.25, 0.3) is 0 Å². The van der Waals surface area contributed by atoms with Crippen LogP contribution >= 0.6 is 27.5 Å². The Morgan fingerprint density at radius 1 is 1.15 bits per heavy atom. The molecule has 0 amide bonds. The number of benzene rings is 2. The summed E-state index contributed by atoms with van der Waals surface area (Å²) in [6.07, 6.45) is 0. The normalized spacial score (nSPS) is 10.4. The lowest BCUT2D eigenvalue weighted by atomic mass is 10.1. The van der Waals surface area contributed by atoms with Crippen molar-refractivity contribution >= 4 is 38.9 Å². The monoisotopic (exact) mass is 352 g/mol. The van der Waals surface area contributed by atoms with Gasteiger partial charge in [0.05, 0.1) is 11.4 Å². The summed E-state index contributed by atoms with van der Waals surface area (Å²) in [6, 6.07) is 12.2. The molecule has 0 saturated heterocycles. The van der Waals surface area contributed by atoms with Crippen molar-refractivity contribution in [2.75, 3.05) is 24.3 Å². The van der Waals surface area contributed by atoms with Crippen molar-refractivity contribution in [3.63, 3.8) is 0 Å². The molecule has 0 atom stereocenters. The number of anilines is 2. The Bertz CT molecular complexity index is 611. The fraction of sp³-hybridized carbons (Fsp3) is 0.250. The number of nitrogens with zero attached hydrogens (tertiary/aromatic N) is 1. The van der Waals surface area contributed by atoms with Crippen LogP contribution in [0.5, 0.6) is 0 Å². The molecule has 0 aliphatic heterocycles. The maximum Gasteiger partial charge on any atom is 0.0597 e. The number of hydrogen-bond acceptors (Lipinski definition) is 2. The number of nitrogens with one attached hydrogen (secondary N) is 1.